The van der Waals surface area contributed by atoms with Gasteiger partial charge in [-0.2, -0.15) is 0 Å². The van der Waals surface area contributed by atoms with Gasteiger partial charge in [-0.1, -0.05) is 26.2 Å². The first kappa shape index (κ1) is 20.6. The Bertz CT molecular complexity index is 378. The van der Waals surface area contributed by atoms with Crippen molar-refractivity contribution < 1.29 is 23.8 Å². The summed E-state index contributed by atoms with van der Waals surface area (Å²) in [6, 6.07) is 0. The summed E-state index contributed by atoms with van der Waals surface area (Å²) in [5.41, 5.74) is 0. The molecule has 1 aliphatic rings. The largest absolute Gasteiger partial charge is 0.463 e. The molecule has 0 aromatic heterocycles. The van der Waals surface area contributed by atoms with Crippen LogP contribution in [0.5, 0.6) is 0 Å². The van der Waals surface area contributed by atoms with Gasteiger partial charge >= 0.3 is 11.9 Å². The monoisotopic (exact) mass is 341 g/mol. The minimum atomic E-state index is -0.496. The smallest absolute Gasteiger partial charge is 0.331 e. The standard InChI is InChI=1S/C18H31NO5/c1-2-3-4-6-13-23-17(20)8-9-18(21)24-14-7-5-10-19-11-15-22-16-12-19/h8-9H,2-7,10-16H2,1H3. The summed E-state index contributed by atoms with van der Waals surface area (Å²) in [7, 11) is 0. The van der Waals surface area contributed by atoms with Crippen LogP contribution >= 0.6 is 0 Å². The van der Waals surface area contributed by atoms with Gasteiger partial charge in [0, 0.05) is 25.2 Å². The summed E-state index contributed by atoms with van der Waals surface area (Å²) >= 11 is 0. The topological polar surface area (TPSA) is 65.1 Å². The molecule has 138 valence electrons. The van der Waals surface area contributed by atoms with E-state index in [0.29, 0.717) is 13.2 Å². The Labute approximate surface area is 145 Å². The molecule has 0 radical (unpaired) electrons. The third kappa shape index (κ3) is 11.2. The third-order valence-electron chi connectivity index (χ3n) is 3.81. The molecule has 0 bridgehead atoms. The Balaban J connectivity index is 1.96. The molecule has 1 fully saturated rings. The number of carbonyl (C=O) groups excluding carboxylic acids is 2. The van der Waals surface area contributed by atoms with Crippen molar-refractivity contribution in [3.63, 3.8) is 0 Å². The van der Waals surface area contributed by atoms with Crippen LogP contribution in [0.3, 0.4) is 0 Å². The Morgan fingerprint density at radius 1 is 0.917 bits per heavy atom. The van der Waals surface area contributed by atoms with Crippen LogP contribution in [0.15, 0.2) is 12.2 Å². The molecule has 0 aromatic carbocycles. The lowest BCUT2D eigenvalue weighted by atomic mass is 10.2. The molecule has 1 heterocycles. The van der Waals surface area contributed by atoms with Crippen molar-refractivity contribution in [3.05, 3.63) is 12.2 Å². The summed E-state index contributed by atoms with van der Waals surface area (Å²) in [4.78, 5) is 25.2. The second kappa shape index (κ2) is 14.0. The van der Waals surface area contributed by atoms with Crippen molar-refractivity contribution in [3.8, 4) is 0 Å². The van der Waals surface area contributed by atoms with E-state index in [2.05, 4.69) is 11.8 Å². The Hall–Kier alpha value is -1.40. The van der Waals surface area contributed by atoms with Crippen LogP contribution in [0.25, 0.3) is 0 Å². The molecule has 0 spiro atoms. The minimum Gasteiger partial charge on any atom is -0.463 e. The molecule has 6 nitrogen and oxygen atoms in total. The molecule has 0 atom stereocenters. The quantitative estimate of drug-likeness (QED) is 0.308. The Kier molecular flexibility index (Phi) is 12.0. The summed E-state index contributed by atoms with van der Waals surface area (Å²) in [6.07, 6.45) is 8.28. The number of unbranched alkanes of at least 4 members (excludes halogenated alkanes) is 4. The maximum Gasteiger partial charge on any atom is 0.331 e. The average Bonchev–Trinajstić information content (AvgIpc) is 2.60. The highest BCUT2D eigenvalue weighted by molar-refractivity contribution is 5.91. The molecule has 0 saturated carbocycles. The fraction of sp³-hybridized carbons (Fsp3) is 0.778. The first-order valence-electron chi connectivity index (χ1n) is 9.04. The van der Waals surface area contributed by atoms with Crippen LogP contribution < -0.4 is 0 Å². The van der Waals surface area contributed by atoms with Gasteiger partial charge in [0.25, 0.3) is 0 Å². The number of hydrogen-bond donors (Lipinski definition) is 0. The maximum atomic E-state index is 11.5. The van der Waals surface area contributed by atoms with Crippen molar-refractivity contribution in [2.75, 3.05) is 46.1 Å². The molecule has 0 aliphatic carbocycles. The summed E-state index contributed by atoms with van der Waals surface area (Å²) in [5.74, 6) is -0.986. The SMILES string of the molecule is CCCCCCOC(=O)C=CC(=O)OCCCCN1CCOCC1. The number of esters is 2. The molecule has 1 rings (SSSR count). The van der Waals surface area contributed by atoms with Crippen molar-refractivity contribution >= 4 is 11.9 Å². The van der Waals surface area contributed by atoms with E-state index in [-0.39, 0.29) is 0 Å². The number of rotatable bonds is 12. The van der Waals surface area contributed by atoms with Gasteiger partial charge in [0.05, 0.1) is 26.4 Å². The highest BCUT2D eigenvalue weighted by atomic mass is 16.5. The van der Waals surface area contributed by atoms with Gasteiger partial charge in [-0.05, 0) is 25.8 Å². The zero-order valence-electron chi connectivity index (χ0n) is 14.8. The molecule has 1 saturated heterocycles. The van der Waals surface area contributed by atoms with E-state index in [0.717, 1.165) is 83.5 Å². The van der Waals surface area contributed by atoms with E-state index in [4.69, 9.17) is 14.2 Å². The van der Waals surface area contributed by atoms with Crippen LogP contribution in [0.4, 0.5) is 0 Å². The highest BCUT2D eigenvalue weighted by Gasteiger charge is 2.09. The molecule has 6 heteroatoms. The van der Waals surface area contributed by atoms with Gasteiger partial charge in [0.1, 0.15) is 0 Å². The van der Waals surface area contributed by atoms with Gasteiger partial charge in [-0.3, -0.25) is 4.90 Å². The lowest BCUT2D eigenvalue weighted by molar-refractivity contribution is -0.140. The summed E-state index contributed by atoms with van der Waals surface area (Å²) < 4.78 is 15.4. The van der Waals surface area contributed by atoms with Crippen LogP contribution in [0, 0.1) is 0 Å². The molecule has 1 aliphatic heterocycles. The predicted octanol–water partition coefficient (Wildman–Crippen LogP) is 2.32. The van der Waals surface area contributed by atoms with E-state index < -0.39 is 11.9 Å². The molecule has 0 unspecified atom stereocenters. The van der Waals surface area contributed by atoms with Gasteiger partial charge in [0.15, 0.2) is 0 Å². The molecular weight excluding hydrogens is 310 g/mol. The number of ether oxygens (including phenoxy) is 3. The lowest BCUT2D eigenvalue weighted by Gasteiger charge is -2.26. The van der Waals surface area contributed by atoms with Crippen LogP contribution in [0.2, 0.25) is 0 Å². The second-order valence-electron chi connectivity index (χ2n) is 5.89. The number of hydrogen-bond acceptors (Lipinski definition) is 6. The fourth-order valence-corrected chi connectivity index (χ4v) is 2.37. The maximum absolute atomic E-state index is 11.5. The molecule has 0 aromatic rings. The fourth-order valence-electron chi connectivity index (χ4n) is 2.37. The lowest BCUT2D eigenvalue weighted by Crippen LogP contribution is -2.36. The number of carbonyl (C=O) groups is 2. The first-order valence-corrected chi connectivity index (χ1v) is 9.04. The van der Waals surface area contributed by atoms with E-state index in [1.54, 1.807) is 0 Å². The van der Waals surface area contributed by atoms with Crippen LogP contribution in [-0.4, -0.2) is 62.9 Å². The van der Waals surface area contributed by atoms with Gasteiger partial charge < -0.3 is 14.2 Å². The number of nitrogens with zero attached hydrogens (tertiary/aromatic N) is 1. The molecule has 24 heavy (non-hydrogen) atoms. The van der Waals surface area contributed by atoms with Gasteiger partial charge in [-0.15, -0.1) is 0 Å². The zero-order chi connectivity index (χ0) is 17.5. The molecule has 0 N–H and O–H groups in total. The second-order valence-corrected chi connectivity index (χ2v) is 5.89. The summed E-state index contributed by atoms with van der Waals surface area (Å²) in [6.45, 7) is 7.46. The molecular formula is C18H31NO5. The van der Waals surface area contributed by atoms with Gasteiger partial charge in [-0.25, -0.2) is 9.59 Å². The van der Waals surface area contributed by atoms with Crippen molar-refractivity contribution in [2.24, 2.45) is 0 Å². The first-order chi connectivity index (χ1) is 11.7. The minimum absolute atomic E-state index is 0.375. The van der Waals surface area contributed by atoms with E-state index in [1.165, 1.54) is 0 Å². The highest BCUT2D eigenvalue weighted by Crippen LogP contribution is 2.01. The zero-order valence-corrected chi connectivity index (χ0v) is 14.8. The van der Waals surface area contributed by atoms with E-state index >= 15 is 0 Å². The third-order valence-corrected chi connectivity index (χ3v) is 3.81. The van der Waals surface area contributed by atoms with Crippen LogP contribution in [0.1, 0.15) is 45.4 Å². The Morgan fingerprint density at radius 2 is 1.50 bits per heavy atom. The van der Waals surface area contributed by atoms with Crippen molar-refractivity contribution in [1.82, 2.24) is 4.90 Å². The molecule has 0 amide bonds. The predicted molar refractivity (Wildman–Crippen MR) is 91.7 cm³/mol. The average molecular weight is 341 g/mol. The van der Waals surface area contributed by atoms with E-state index in [9.17, 15) is 9.59 Å². The van der Waals surface area contributed by atoms with E-state index in [1.807, 2.05) is 0 Å². The van der Waals surface area contributed by atoms with Gasteiger partial charge in [0.2, 0.25) is 0 Å². The normalized spacial score (nSPS) is 15.5. The van der Waals surface area contributed by atoms with Crippen molar-refractivity contribution in [1.29, 1.82) is 0 Å². The Morgan fingerprint density at radius 3 is 2.08 bits per heavy atom. The van der Waals surface area contributed by atoms with Crippen molar-refractivity contribution in [2.45, 2.75) is 45.4 Å². The van der Waals surface area contributed by atoms with Crippen LogP contribution in [-0.2, 0) is 23.8 Å². The number of morpholine rings is 1. The summed E-state index contributed by atoms with van der Waals surface area (Å²) in [5, 5.41) is 0.